The number of carboxylic acids is 1. The van der Waals surface area contributed by atoms with Crippen molar-refractivity contribution in [3.8, 4) is 11.1 Å². The zero-order valence-electron chi connectivity index (χ0n) is 18.3. The zero-order valence-corrected chi connectivity index (χ0v) is 19.1. The van der Waals surface area contributed by atoms with Crippen LogP contribution >= 0.6 is 0 Å². The fourth-order valence-electron chi connectivity index (χ4n) is 3.90. The van der Waals surface area contributed by atoms with Crippen LogP contribution in [0.3, 0.4) is 0 Å². The Hall–Kier alpha value is -3.18. The van der Waals surface area contributed by atoms with E-state index in [4.69, 9.17) is 10.8 Å². The number of sulfonamides is 1. The molecule has 1 fully saturated rings. The number of rotatable bonds is 6. The van der Waals surface area contributed by atoms with Crippen molar-refractivity contribution in [3.05, 3.63) is 65.9 Å². The van der Waals surface area contributed by atoms with Crippen LogP contribution in [0.25, 0.3) is 11.1 Å². The standard InChI is InChI=1S/C23H24F3N3O4S/c1-29(21-7-3-6-20(19(21)13-27)28-14-22(30)31)34(32,33)18-10-8-15(9-11-18)16-4-2-5-17(12-16)23(24,25)26/h2,4-5,8-13,21H,3,6-7,14,27H2,1H3,(H,30,31)/t21-/m1/s1. The zero-order chi connectivity index (χ0) is 25.1. The molecule has 34 heavy (non-hydrogen) atoms. The topological polar surface area (TPSA) is 113 Å². The number of carbonyl (C=O) groups is 1. The number of aliphatic carboxylic acids is 1. The van der Waals surface area contributed by atoms with Gasteiger partial charge in [0.2, 0.25) is 10.0 Å². The first-order chi connectivity index (χ1) is 15.9. The molecule has 0 radical (unpaired) electrons. The molecule has 2 aromatic carbocycles. The Morgan fingerprint density at radius 2 is 1.88 bits per heavy atom. The summed E-state index contributed by atoms with van der Waals surface area (Å²) in [6.07, 6.45) is -1.65. The van der Waals surface area contributed by atoms with Gasteiger partial charge in [0.05, 0.1) is 16.5 Å². The van der Waals surface area contributed by atoms with Gasteiger partial charge in [-0.3, -0.25) is 9.79 Å². The molecule has 0 amide bonds. The summed E-state index contributed by atoms with van der Waals surface area (Å²) in [4.78, 5) is 14.9. The van der Waals surface area contributed by atoms with Gasteiger partial charge in [-0.1, -0.05) is 24.3 Å². The van der Waals surface area contributed by atoms with Crippen LogP contribution in [0.2, 0.25) is 0 Å². The molecule has 0 spiro atoms. The maximum Gasteiger partial charge on any atom is 0.416 e. The molecule has 7 nitrogen and oxygen atoms in total. The lowest BCUT2D eigenvalue weighted by Gasteiger charge is -2.33. The summed E-state index contributed by atoms with van der Waals surface area (Å²) in [6, 6.07) is 9.76. The van der Waals surface area contributed by atoms with E-state index >= 15 is 0 Å². The maximum atomic E-state index is 13.3. The molecule has 0 unspecified atom stereocenters. The van der Waals surface area contributed by atoms with E-state index in [9.17, 15) is 26.4 Å². The second-order valence-corrected chi connectivity index (χ2v) is 9.81. The Morgan fingerprint density at radius 3 is 2.47 bits per heavy atom. The van der Waals surface area contributed by atoms with E-state index in [1.807, 2.05) is 0 Å². The van der Waals surface area contributed by atoms with Crippen molar-refractivity contribution in [1.29, 1.82) is 0 Å². The third kappa shape index (κ3) is 5.48. The van der Waals surface area contributed by atoms with E-state index in [1.54, 1.807) is 0 Å². The molecule has 11 heteroatoms. The van der Waals surface area contributed by atoms with Crippen molar-refractivity contribution in [2.45, 2.75) is 36.4 Å². The SMILES string of the molecule is CN([C@@H]1CCCC(=NCC(=O)O)C1=CN)S(=O)(=O)c1ccc(-c2cccc(C(F)(F)F)c2)cc1. The smallest absolute Gasteiger partial charge is 0.416 e. The van der Waals surface area contributed by atoms with Crippen LogP contribution in [0.4, 0.5) is 13.2 Å². The first-order valence-electron chi connectivity index (χ1n) is 10.4. The van der Waals surface area contributed by atoms with Gasteiger partial charge in [-0.15, -0.1) is 0 Å². The van der Waals surface area contributed by atoms with Crippen LogP contribution in [-0.4, -0.2) is 49.1 Å². The molecule has 0 saturated heterocycles. The normalized spacial score (nSPS) is 19.6. The molecule has 1 saturated carbocycles. The molecule has 182 valence electrons. The van der Waals surface area contributed by atoms with Crippen LogP contribution in [-0.2, 0) is 21.0 Å². The highest BCUT2D eigenvalue weighted by Gasteiger charge is 2.34. The average molecular weight is 496 g/mol. The average Bonchev–Trinajstić information content (AvgIpc) is 2.81. The van der Waals surface area contributed by atoms with Crippen LogP contribution in [0.1, 0.15) is 24.8 Å². The van der Waals surface area contributed by atoms with Crippen molar-refractivity contribution in [2.24, 2.45) is 10.7 Å². The van der Waals surface area contributed by atoms with Crippen LogP contribution in [0, 0.1) is 0 Å². The van der Waals surface area contributed by atoms with E-state index < -0.39 is 40.3 Å². The van der Waals surface area contributed by atoms with Gasteiger partial charge in [0.25, 0.3) is 0 Å². The van der Waals surface area contributed by atoms with E-state index in [-0.39, 0.29) is 4.90 Å². The maximum absolute atomic E-state index is 13.3. The molecule has 1 aliphatic rings. The van der Waals surface area contributed by atoms with Gasteiger partial charge in [0, 0.05) is 24.5 Å². The predicted octanol–water partition coefficient (Wildman–Crippen LogP) is 3.91. The molecular formula is C23H24F3N3O4S. The van der Waals surface area contributed by atoms with Crippen LogP contribution in [0.5, 0.6) is 0 Å². The van der Waals surface area contributed by atoms with E-state index in [2.05, 4.69) is 4.99 Å². The van der Waals surface area contributed by atoms with Gasteiger partial charge in [-0.25, -0.2) is 8.42 Å². The van der Waals surface area contributed by atoms with Crippen molar-refractivity contribution >= 4 is 21.7 Å². The van der Waals surface area contributed by atoms with Gasteiger partial charge >= 0.3 is 12.1 Å². The van der Waals surface area contributed by atoms with E-state index in [0.29, 0.717) is 41.7 Å². The second kappa shape index (κ2) is 9.98. The highest BCUT2D eigenvalue weighted by molar-refractivity contribution is 7.89. The summed E-state index contributed by atoms with van der Waals surface area (Å²) in [7, 11) is -2.57. The summed E-state index contributed by atoms with van der Waals surface area (Å²) >= 11 is 0. The number of nitrogens with zero attached hydrogens (tertiary/aromatic N) is 2. The third-order valence-electron chi connectivity index (χ3n) is 5.66. The summed E-state index contributed by atoms with van der Waals surface area (Å²) in [5.41, 5.74) is 6.63. The molecule has 1 atom stereocenters. The second-order valence-electron chi connectivity index (χ2n) is 7.81. The minimum Gasteiger partial charge on any atom is -0.480 e. The fraction of sp³-hybridized carbons (Fsp3) is 0.304. The number of hydrogen-bond donors (Lipinski definition) is 2. The van der Waals surface area contributed by atoms with Gasteiger partial charge < -0.3 is 10.8 Å². The number of benzene rings is 2. The molecular weight excluding hydrogens is 471 g/mol. The molecule has 3 N–H and O–H groups in total. The Labute approximate surface area is 195 Å². The predicted molar refractivity (Wildman–Crippen MR) is 122 cm³/mol. The number of alkyl halides is 3. The highest BCUT2D eigenvalue weighted by atomic mass is 32.2. The van der Waals surface area contributed by atoms with Crippen molar-refractivity contribution < 1.29 is 31.5 Å². The monoisotopic (exact) mass is 495 g/mol. The summed E-state index contributed by atoms with van der Waals surface area (Å²) in [6.45, 7) is -0.438. The minimum absolute atomic E-state index is 0.0308. The fourth-order valence-corrected chi connectivity index (χ4v) is 5.27. The van der Waals surface area contributed by atoms with E-state index in [1.165, 1.54) is 54.0 Å². The van der Waals surface area contributed by atoms with Crippen molar-refractivity contribution in [3.63, 3.8) is 0 Å². The Bertz CT molecular complexity index is 1220. The van der Waals surface area contributed by atoms with Gasteiger partial charge in [-0.05, 0) is 54.7 Å². The summed E-state index contributed by atoms with van der Waals surface area (Å²) in [5, 5.41) is 8.90. The molecule has 2 aromatic rings. The number of halogens is 3. The number of hydrogen-bond acceptors (Lipinski definition) is 5. The lowest BCUT2D eigenvalue weighted by Crippen LogP contribution is -2.42. The van der Waals surface area contributed by atoms with Gasteiger partial charge in [-0.2, -0.15) is 17.5 Å². The van der Waals surface area contributed by atoms with Crippen molar-refractivity contribution in [1.82, 2.24) is 4.31 Å². The Morgan fingerprint density at radius 1 is 1.21 bits per heavy atom. The first kappa shape index (κ1) is 25.4. The van der Waals surface area contributed by atoms with Crippen LogP contribution < -0.4 is 5.73 Å². The number of carboxylic acid groups (broad SMARTS) is 1. The summed E-state index contributed by atoms with van der Waals surface area (Å²) < 4.78 is 66.7. The highest BCUT2D eigenvalue weighted by Crippen LogP contribution is 2.33. The quantitative estimate of drug-likeness (QED) is 0.631. The number of likely N-dealkylation sites (N-methyl/N-ethyl adjacent to an activating group) is 1. The molecule has 3 rings (SSSR count). The number of nitrogens with two attached hydrogens (primary N) is 1. The molecule has 0 aromatic heterocycles. The molecule has 0 aliphatic heterocycles. The molecule has 0 heterocycles. The van der Waals surface area contributed by atoms with Crippen LogP contribution in [0.15, 0.2) is 70.2 Å². The summed E-state index contributed by atoms with van der Waals surface area (Å²) in [5.74, 6) is -1.10. The Kier molecular flexibility index (Phi) is 7.47. The van der Waals surface area contributed by atoms with Gasteiger partial charge in [0.1, 0.15) is 6.54 Å². The number of aliphatic imine (C=N–C) groups is 1. The van der Waals surface area contributed by atoms with Crippen molar-refractivity contribution in [2.75, 3.05) is 13.6 Å². The Balaban J connectivity index is 1.87. The first-order valence-corrected chi connectivity index (χ1v) is 11.8. The third-order valence-corrected chi connectivity index (χ3v) is 7.54. The molecule has 1 aliphatic carbocycles. The lowest BCUT2D eigenvalue weighted by atomic mass is 9.88. The lowest BCUT2D eigenvalue weighted by molar-refractivity contribution is -0.137. The van der Waals surface area contributed by atoms with Gasteiger partial charge in [0.15, 0.2) is 0 Å². The van der Waals surface area contributed by atoms with E-state index in [0.717, 1.165) is 12.1 Å². The minimum atomic E-state index is -4.48. The largest absolute Gasteiger partial charge is 0.480 e. The molecule has 0 bridgehead atoms.